The van der Waals surface area contributed by atoms with Crippen LogP contribution in [0.3, 0.4) is 0 Å². The van der Waals surface area contributed by atoms with Crippen molar-refractivity contribution in [3.8, 4) is 33.9 Å². The Bertz CT molecular complexity index is 1640. The summed E-state index contributed by atoms with van der Waals surface area (Å²) < 4.78 is 5.26. The lowest BCUT2D eigenvalue weighted by atomic mass is 10.1. The van der Waals surface area contributed by atoms with Crippen LogP contribution in [0, 0.1) is 0 Å². The quantitative estimate of drug-likeness (QED) is 0.372. The van der Waals surface area contributed by atoms with E-state index in [2.05, 4.69) is 42.2 Å². The van der Waals surface area contributed by atoms with Gasteiger partial charge in [-0.25, -0.2) is 4.98 Å². The third-order valence-electron chi connectivity index (χ3n) is 6.31. The standard InChI is InChI=1S/C25H20N8O/c26-16-11-33(12-16)23-10-27-9-22(30-23)14-1-2-20-17(7-14)25(32-31-20)21-8-18-19(29-21)3-5-28-24(18)15-4-6-34-13-15/h1-10,13,16,29H,11-12,26H2,(H,31,32). The van der Waals surface area contributed by atoms with Crippen LogP contribution in [0.5, 0.6) is 0 Å². The molecule has 1 aliphatic heterocycles. The molecule has 0 amide bonds. The van der Waals surface area contributed by atoms with Crippen molar-refractivity contribution in [1.82, 2.24) is 30.1 Å². The predicted molar refractivity (Wildman–Crippen MR) is 130 cm³/mol. The Morgan fingerprint density at radius 1 is 0.971 bits per heavy atom. The van der Waals surface area contributed by atoms with Crippen molar-refractivity contribution in [2.75, 3.05) is 18.0 Å². The first kappa shape index (κ1) is 19.0. The van der Waals surface area contributed by atoms with E-state index in [-0.39, 0.29) is 6.04 Å². The smallest absolute Gasteiger partial charge is 0.147 e. The minimum Gasteiger partial charge on any atom is -0.472 e. The van der Waals surface area contributed by atoms with Crippen LogP contribution in [0.15, 0.2) is 71.9 Å². The molecular formula is C25H20N8O. The van der Waals surface area contributed by atoms with Gasteiger partial charge in [0.2, 0.25) is 0 Å². The number of anilines is 1. The van der Waals surface area contributed by atoms with Gasteiger partial charge in [-0.1, -0.05) is 6.07 Å². The maximum atomic E-state index is 5.93. The molecule has 0 saturated carbocycles. The molecule has 0 unspecified atom stereocenters. The molecule has 0 atom stereocenters. The number of rotatable bonds is 4. The maximum absolute atomic E-state index is 5.93. The number of nitrogens with one attached hydrogen (secondary N) is 2. The third kappa shape index (κ3) is 2.98. The number of aromatic nitrogens is 6. The summed E-state index contributed by atoms with van der Waals surface area (Å²) in [5.41, 5.74) is 13.2. The SMILES string of the molecule is NC1CN(c2cncc(-c3ccc4[nH]nc(-c5cc6c(-c7ccoc7)nccc6[nH]5)c4c3)n2)C1. The molecule has 1 aromatic carbocycles. The van der Waals surface area contributed by atoms with Gasteiger partial charge in [0.05, 0.1) is 47.5 Å². The van der Waals surface area contributed by atoms with Crippen molar-refractivity contribution in [3.05, 3.63) is 67.5 Å². The van der Waals surface area contributed by atoms with E-state index in [4.69, 9.17) is 15.1 Å². The molecule has 0 spiro atoms. The number of nitrogens with zero attached hydrogens (tertiary/aromatic N) is 5. The Morgan fingerprint density at radius 2 is 1.88 bits per heavy atom. The van der Waals surface area contributed by atoms with Crippen molar-refractivity contribution in [2.24, 2.45) is 5.73 Å². The lowest BCUT2D eigenvalue weighted by Crippen LogP contribution is -2.56. The van der Waals surface area contributed by atoms with E-state index in [0.717, 1.165) is 74.6 Å². The van der Waals surface area contributed by atoms with Crippen molar-refractivity contribution >= 4 is 27.6 Å². The van der Waals surface area contributed by atoms with Gasteiger partial charge in [-0.05, 0) is 30.3 Å². The van der Waals surface area contributed by atoms with E-state index >= 15 is 0 Å². The molecule has 5 aromatic heterocycles. The van der Waals surface area contributed by atoms with Gasteiger partial charge in [0.25, 0.3) is 0 Å². The molecule has 0 aliphatic carbocycles. The molecule has 1 fully saturated rings. The molecule has 0 radical (unpaired) electrons. The summed E-state index contributed by atoms with van der Waals surface area (Å²) in [6.07, 6.45) is 8.72. The number of benzene rings is 1. The van der Waals surface area contributed by atoms with Gasteiger partial charge in [0.15, 0.2) is 0 Å². The van der Waals surface area contributed by atoms with Crippen molar-refractivity contribution < 1.29 is 4.42 Å². The van der Waals surface area contributed by atoms with Gasteiger partial charge in [-0.2, -0.15) is 5.10 Å². The van der Waals surface area contributed by atoms with Gasteiger partial charge in [-0.3, -0.25) is 15.1 Å². The van der Waals surface area contributed by atoms with Crippen LogP contribution in [0.25, 0.3) is 55.7 Å². The second-order valence-electron chi connectivity index (χ2n) is 8.58. The van der Waals surface area contributed by atoms with Gasteiger partial charge < -0.3 is 20.0 Å². The average molecular weight is 448 g/mol. The van der Waals surface area contributed by atoms with Crippen LogP contribution in [0.1, 0.15) is 0 Å². The van der Waals surface area contributed by atoms with Crippen molar-refractivity contribution in [2.45, 2.75) is 6.04 Å². The summed E-state index contributed by atoms with van der Waals surface area (Å²) >= 11 is 0. The monoisotopic (exact) mass is 448 g/mol. The topological polar surface area (TPSA) is 126 Å². The number of furan rings is 1. The van der Waals surface area contributed by atoms with Gasteiger partial charge >= 0.3 is 0 Å². The van der Waals surface area contributed by atoms with Crippen LogP contribution in [0.4, 0.5) is 5.82 Å². The Balaban J connectivity index is 1.31. The minimum absolute atomic E-state index is 0.204. The number of fused-ring (bicyclic) bond motifs is 2. The van der Waals surface area contributed by atoms with E-state index in [1.807, 2.05) is 24.3 Å². The zero-order valence-corrected chi connectivity index (χ0v) is 18.1. The summed E-state index contributed by atoms with van der Waals surface area (Å²) in [7, 11) is 0. The largest absolute Gasteiger partial charge is 0.472 e. The van der Waals surface area contributed by atoms with Crippen LogP contribution >= 0.6 is 0 Å². The zero-order chi connectivity index (χ0) is 22.6. The Hall–Kier alpha value is -4.50. The molecule has 1 saturated heterocycles. The highest BCUT2D eigenvalue weighted by molar-refractivity contribution is 6.00. The fraction of sp³-hybridized carbons (Fsp3) is 0.120. The van der Waals surface area contributed by atoms with Crippen LogP contribution < -0.4 is 10.6 Å². The Kier molecular flexibility index (Phi) is 4.06. The zero-order valence-electron chi connectivity index (χ0n) is 18.1. The van der Waals surface area contributed by atoms with E-state index in [9.17, 15) is 0 Å². The molecule has 6 heterocycles. The summed E-state index contributed by atoms with van der Waals surface area (Å²) in [5.74, 6) is 0.849. The number of hydrogen-bond donors (Lipinski definition) is 3. The lowest BCUT2D eigenvalue weighted by Gasteiger charge is -2.37. The molecule has 166 valence electrons. The highest BCUT2D eigenvalue weighted by Gasteiger charge is 2.24. The fourth-order valence-corrected chi connectivity index (χ4v) is 4.54. The summed E-state index contributed by atoms with van der Waals surface area (Å²) in [6, 6.07) is 12.3. The van der Waals surface area contributed by atoms with Gasteiger partial charge in [0, 0.05) is 52.7 Å². The average Bonchev–Trinajstić information content (AvgIpc) is 3.60. The second kappa shape index (κ2) is 7.26. The minimum atomic E-state index is 0.204. The molecule has 6 aromatic rings. The summed E-state index contributed by atoms with van der Waals surface area (Å²) in [6.45, 7) is 1.61. The third-order valence-corrected chi connectivity index (χ3v) is 6.31. The lowest BCUT2D eigenvalue weighted by molar-refractivity contribution is 0.514. The summed E-state index contributed by atoms with van der Waals surface area (Å²) in [4.78, 5) is 19.4. The number of H-pyrrole nitrogens is 2. The highest BCUT2D eigenvalue weighted by Crippen LogP contribution is 2.34. The van der Waals surface area contributed by atoms with E-state index in [1.54, 1.807) is 31.1 Å². The first-order chi connectivity index (χ1) is 16.7. The maximum Gasteiger partial charge on any atom is 0.147 e. The second-order valence-corrected chi connectivity index (χ2v) is 8.58. The predicted octanol–water partition coefficient (Wildman–Crippen LogP) is 3.97. The molecule has 7 rings (SSSR count). The van der Waals surface area contributed by atoms with Gasteiger partial charge in [0.1, 0.15) is 11.5 Å². The number of pyridine rings is 1. The molecule has 1 aliphatic rings. The number of nitrogens with two attached hydrogens (primary N) is 1. The van der Waals surface area contributed by atoms with Crippen LogP contribution in [0.2, 0.25) is 0 Å². The highest BCUT2D eigenvalue weighted by atomic mass is 16.3. The molecule has 34 heavy (non-hydrogen) atoms. The molecule has 9 heteroatoms. The first-order valence-corrected chi connectivity index (χ1v) is 11.0. The van der Waals surface area contributed by atoms with E-state index in [1.165, 1.54) is 0 Å². The fourth-order valence-electron chi connectivity index (χ4n) is 4.54. The number of aromatic amines is 2. The first-order valence-electron chi connectivity index (χ1n) is 11.0. The normalized spacial score (nSPS) is 14.2. The van der Waals surface area contributed by atoms with Crippen molar-refractivity contribution in [1.29, 1.82) is 0 Å². The molecule has 0 bridgehead atoms. The van der Waals surface area contributed by atoms with Crippen LogP contribution in [-0.4, -0.2) is 49.3 Å². The number of hydrogen-bond acceptors (Lipinski definition) is 7. The van der Waals surface area contributed by atoms with Crippen LogP contribution in [-0.2, 0) is 0 Å². The van der Waals surface area contributed by atoms with Gasteiger partial charge in [-0.15, -0.1) is 0 Å². The Morgan fingerprint density at radius 3 is 2.74 bits per heavy atom. The van der Waals surface area contributed by atoms with Crippen molar-refractivity contribution in [3.63, 3.8) is 0 Å². The molecule has 4 N–H and O–H groups in total. The molecule has 9 nitrogen and oxygen atoms in total. The molecular weight excluding hydrogens is 428 g/mol. The Labute approximate surface area is 193 Å². The van der Waals surface area contributed by atoms with E-state index < -0.39 is 0 Å². The summed E-state index contributed by atoms with van der Waals surface area (Å²) in [5, 5.41) is 9.77. The van der Waals surface area contributed by atoms with E-state index in [0.29, 0.717) is 0 Å².